The Hall–Kier alpha value is -0.930. The number of anilines is 1. The number of thioether (sulfide) groups is 1. The number of hydrogen-bond donors (Lipinski definition) is 1. The van der Waals surface area contributed by atoms with Gasteiger partial charge in [-0.05, 0) is 46.6 Å². The molecule has 0 heterocycles. The number of aryl methyl sites for hydroxylation is 1. The Kier molecular flexibility index (Phi) is 5.14. The number of rotatable bonds is 5. The van der Waals surface area contributed by atoms with E-state index in [0.717, 1.165) is 22.5 Å². The minimum Gasteiger partial charge on any atom is -0.383 e. The summed E-state index contributed by atoms with van der Waals surface area (Å²) in [6.45, 7) is 3.12. The summed E-state index contributed by atoms with van der Waals surface area (Å²) in [4.78, 5) is 1.37. The zero-order valence-corrected chi connectivity index (χ0v) is 12.7. The lowest BCUT2D eigenvalue weighted by molar-refractivity contribution is 1.21. The average molecular weight is 322 g/mol. The highest BCUT2D eigenvalue weighted by Gasteiger charge is 1.99. The maximum Gasteiger partial charge on any atom is 0.0484 e. The van der Waals surface area contributed by atoms with E-state index < -0.39 is 0 Å². The molecule has 2 aromatic rings. The van der Waals surface area contributed by atoms with Gasteiger partial charge in [0.2, 0.25) is 0 Å². The van der Waals surface area contributed by atoms with Crippen molar-refractivity contribution in [3.05, 3.63) is 58.6 Å². The quantitative estimate of drug-likeness (QED) is 0.617. The predicted octanol–water partition coefficient (Wildman–Crippen LogP) is 4.96. The van der Waals surface area contributed by atoms with Crippen LogP contribution in [0.15, 0.2) is 57.9 Å². The van der Waals surface area contributed by atoms with Gasteiger partial charge in [0, 0.05) is 27.4 Å². The molecule has 0 aliphatic rings. The molecule has 18 heavy (non-hydrogen) atoms. The van der Waals surface area contributed by atoms with Crippen LogP contribution in [0.3, 0.4) is 0 Å². The molecule has 0 aliphatic heterocycles. The number of benzene rings is 2. The third kappa shape index (κ3) is 3.79. The molecule has 0 saturated heterocycles. The van der Waals surface area contributed by atoms with E-state index in [4.69, 9.17) is 0 Å². The largest absolute Gasteiger partial charge is 0.383 e. The van der Waals surface area contributed by atoms with Crippen LogP contribution < -0.4 is 5.32 Å². The first-order valence-electron chi connectivity index (χ1n) is 5.94. The summed E-state index contributed by atoms with van der Waals surface area (Å²) in [7, 11) is 0. The molecule has 3 heteroatoms. The highest BCUT2D eigenvalue weighted by atomic mass is 79.9. The highest BCUT2D eigenvalue weighted by Crippen LogP contribution is 2.23. The van der Waals surface area contributed by atoms with Crippen molar-refractivity contribution in [2.24, 2.45) is 0 Å². The molecule has 0 amide bonds. The number of nitrogens with one attached hydrogen (secondary N) is 1. The van der Waals surface area contributed by atoms with E-state index in [2.05, 4.69) is 64.6 Å². The molecular weight excluding hydrogens is 306 g/mol. The Morgan fingerprint density at radius 1 is 1.06 bits per heavy atom. The maximum atomic E-state index is 3.54. The predicted molar refractivity (Wildman–Crippen MR) is 84.5 cm³/mol. The third-order valence-electron chi connectivity index (χ3n) is 2.64. The molecule has 0 aliphatic carbocycles. The van der Waals surface area contributed by atoms with Crippen LogP contribution in [-0.4, -0.2) is 12.3 Å². The van der Waals surface area contributed by atoms with Crippen LogP contribution in [0.4, 0.5) is 5.69 Å². The van der Waals surface area contributed by atoms with Gasteiger partial charge in [-0.2, -0.15) is 0 Å². The lowest BCUT2D eigenvalue weighted by atomic mass is 10.2. The van der Waals surface area contributed by atoms with Crippen molar-refractivity contribution in [3.63, 3.8) is 0 Å². The van der Waals surface area contributed by atoms with Gasteiger partial charge in [-0.3, -0.25) is 0 Å². The first-order valence-corrected chi connectivity index (χ1v) is 7.72. The SMILES string of the molecule is Cc1ccccc1SCCNc1ccccc1Br. The Balaban J connectivity index is 1.80. The molecule has 0 unspecified atom stereocenters. The van der Waals surface area contributed by atoms with Crippen molar-refractivity contribution >= 4 is 33.4 Å². The van der Waals surface area contributed by atoms with Crippen LogP contribution in [-0.2, 0) is 0 Å². The van der Waals surface area contributed by atoms with Crippen molar-refractivity contribution in [2.75, 3.05) is 17.6 Å². The first-order chi connectivity index (χ1) is 8.77. The summed E-state index contributed by atoms with van der Waals surface area (Å²) in [6.07, 6.45) is 0. The fraction of sp³-hybridized carbons (Fsp3) is 0.200. The second-order valence-electron chi connectivity index (χ2n) is 4.02. The number of halogens is 1. The minimum absolute atomic E-state index is 0.960. The molecule has 0 spiro atoms. The molecule has 94 valence electrons. The maximum absolute atomic E-state index is 3.54. The average Bonchev–Trinajstić information content (AvgIpc) is 2.38. The molecule has 2 aromatic carbocycles. The van der Waals surface area contributed by atoms with Crippen molar-refractivity contribution in [2.45, 2.75) is 11.8 Å². The van der Waals surface area contributed by atoms with Crippen LogP contribution in [0.1, 0.15) is 5.56 Å². The summed E-state index contributed by atoms with van der Waals surface area (Å²) >= 11 is 5.43. The van der Waals surface area contributed by atoms with Gasteiger partial charge in [0.1, 0.15) is 0 Å². The summed E-state index contributed by atoms with van der Waals surface area (Å²) in [5.41, 5.74) is 2.51. The van der Waals surface area contributed by atoms with Crippen LogP contribution >= 0.6 is 27.7 Å². The molecule has 1 N–H and O–H groups in total. The number of hydrogen-bond acceptors (Lipinski definition) is 2. The molecular formula is C15H16BrNS. The lowest BCUT2D eigenvalue weighted by Gasteiger charge is -2.09. The Bertz CT molecular complexity index is 466. The second-order valence-corrected chi connectivity index (χ2v) is 6.01. The topological polar surface area (TPSA) is 12.0 Å². The minimum atomic E-state index is 0.960. The van der Waals surface area contributed by atoms with Crippen LogP contribution in [0.25, 0.3) is 0 Å². The normalized spacial score (nSPS) is 10.3. The molecule has 0 saturated carbocycles. The summed E-state index contributed by atoms with van der Waals surface area (Å²) in [6, 6.07) is 16.7. The third-order valence-corrected chi connectivity index (χ3v) is 4.51. The van der Waals surface area contributed by atoms with Gasteiger partial charge in [-0.15, -0.1) is 11.8 Å². The molecule has 0 fully saturated rings. The summed E-state index contributed by atoms with van der Waals surface area (Å²) < 4.78 is 1.12. The monoisotopic (exact) mass is 321 g/mol. The van der Waals surface area contributed by atoms with Crippen LogP contribution in [0.5, 0.6) is 0 Å². The number of para-hydroxylation sites is 1. The zero-order chi connectivity index (χ0) is 12.8. The van der Waals surface area contributed by atoms with Gasteiger partial charge in [0.05, 0.1) is 0 Å². The van der Waals surface area contributed by atoms with Gasteiger partial charge >= 0.3 is 0 Å². The van der Waals surface area contributed by atoms with E-state index in [-0.39, 0.29) is 0 Å². The zero-order valence-electron chi connectivity index (χ0n) is 10.3. The van der Waals surface area contributed by atoms with Crippen molar-refractivity contribution < 1.29 is 0 Å². The standard InChI is InChI=1S/C15H16BrNS/c1-12-6-2-5-9-15(12)18-11-10-17-14-8-4-3-7-13(14)16/h2-9,17H,10-11H2,1H3. The molecule has 2 rings (SSSR count). The van der Waals surface area contributed by atoms with Crippen molar-refractivity contribution in [1.82, 2.24) is 0 Å². The van der Waals surface area contributed by atoms with Gasteiger partial charge in [0.25, 0.3) is 0 Å². The van der Waals surface area contributed by atoms with Crippen LogP contribution in [0.2, 0.25) is 0 Å². The molecule has 0 aromatic heterocycles. The lowest BCUT2D eigenvalue weighted by Crippen LogP contribution is -2.04. The summed E-state index contributed by atoms with van der Waals surface area (Å²) in [5.74, 6) is 1.06. The fourth-order valence-corrected chi connectivity index (χ4v) is 2.99. The van der Waals surface area contributed by atoms with E-state index in [0.29, 0.717) is 0 Å². The molecule has 0 radical (unpaired) electrons. The van der Waals surface area contributed by atoms with Crippen LogP contribution in [0, 0.1) is 6.92 Å². The van der Waals surface area contributed by atoms with E-state index in [1.165, 1.54) is 10.5 Å². The van der Waals surface area contributed by atoms with E-state index in [9.17, 15) is 0 Å². The van der Waals surface area contributed by atoms with E-state index in [1.807, 2.05) is 23.9 Å². The molecule has 0 atom stereocenters. The first kappa shape index (κ1) is 13.5. The van der Waals surface area contributed by atoms with Crippen molar-refractivity contribution in [1.29, 1.82) is 0 Å². The van der Waals surface area contributed by atoms with E-state index in [1.54, 1.807) is 0 Å². The summed E-state index contributed by atoms with van der Waals surface area (Å²) in [5, 5.41) is 3.43. The fourth-order valence-electron chi connectivity index (χ4n) is 1.67. The Morgan fingerprint density at radius 3 is 2.56 bits per heavy atom. The smallest absolute Gasteiger partial charge is 0.0484 e. The van der Waals surface area contributed by atoms with Gasteiger partial charge in [-0.1, -0.05) is 30.3 Å². The molecule has 1 nitrogen and oxygen atoms in total. The highest BCUT2D eigenvalue weighted by molar-refractivity contribution is 9.10. The second kappa shape index (κ2) is 6.86. The molecule has 0 bridgehead atoms. The van der Waals surface area contributed by atoms with Crippen molar-refractivity contribution in [3.8, 4) is 0 Å². The Morgan fingerprint density at radius 2 is 1.78 bits per heavy atom. The van der Waals surface area contributed by atoms with Gasteiger partial charge in [-0.25, -0.2) is 0 Å². The van der Waals surface area contributed by atoms with Gasteiger partial charge in [0.15, 0.2) is 0 Å². The Labute approximate surface area is 121 Å². The van der Waals surface area contributed by atoms with E-state index >= 15 is 0 Å². The van der Waals surface area contributed by atoms with Gasteiger partial charge < -0.3 is 5.32 Å².